The van der Waals surface area contributed by atoms with Gasteiger partial charge in [-0.3, -0.25) is 9.48 Å². The van der Waals surface area contributed by atoms with Crippen LogP contribution in [0.25, 0.3) is 10.9 Å². The normalized spacial score (nSPS) is 11.1. The van der Waals surface area contributed by atoms with E-state index in [1.807, 2.05) is 6.92 Å². The maximum atomic E-state index is 13.5. The van der Waals surface area contributed by atoms with E-state index in [4.69, 9.17) is 0 Å². The Hall–Kier alpha value is -3.41. The number of hydrogen-bond acceptors (Lipinski definition) is 2. The molecule has 0 saturated carbocycles. The quantitative estimate of drug-likeness (QED) is 0.594. The van der Waals surface area contributed by atoms with Crippen LogP contribution < -0.4 is 5.32 Å². The molecule has 2 aromatic heterocycles. The Balaban J connectivity index is 1.51. The zero-order valence-corrected chi connectivity index (χ0v) is 15.1. The molecule has 2 aromatic carbocycles. The number of nitrogens with one attached hydrogen (secondary N) is 1. The molecule has 0 radical (unpaired) electrons. The molecule has 4 rings (SSSR count). The number of aromatic nitrogens is 3. The lowest BCUT2D eigenvalue weighted by molar-refractivity contribution is 0.101. The van der Waals surface area contributed by atoms with Crippen molar-refractivity contribution in [2.45, 2.75) is 13.5 Å². The van der Waals surface area contributed by atoms with Gasteiger partial charge in [0.1, 0.15) is 11.5 Å². The molecule has 0 atom stereocenters. The Morgan fingerprint density at radius 2 is 1.93 bits per heavy atom. The highest BCUT2D eigenvalue weighted by Crippen LogP contribution is 2.21. The molecule has 0 fully saturated rings. The number of amides is 1. The summed E-state index contributed by atoms with van der Waals surface area (Å²) in [5, 5.41) is 7.97. The highest BCUT2D eigenvalue weighted by atomic mass is 19.1. The fraction of sp³-hybridized carbons (Fsp3) is 0.143. The van der Waals surface area contributed by atoms with E-state index in [9.17, 15) is 9.18 Å². The monoisotopic (exact) mass is 362 g/mol. The summed E-state index contributed by atoms with van der Waals surface area (Å²) in [6.07, 6.45) is 3.41. The topological polar surface area (TPSA) is 51.9 Å². The highest BCUT2D eigenvalue weighted by Gasteiger charge is 2.14. The fourth-order valence-corrected chi connectivity index (χ4v) is 3.11. The van der Waals surface area contributed by atoms with Crippen LogP contribution >= 0.6 is 0 Å². The second-order valence-corrected chi connectivity index (χ2v) is 6.66. The predicted octanol–water partition coefficient (Wildman–Crippen LogP) is 4.12. The number of rotatable bonds is 4. The van der Waals surface area contributed by atoms with E-state index < -0.39 is 0 Å². The smallest absolute Gasteiger partial charge is 0.272 e. The van der Waals surface area contributed by atoms with Crippen molar-refractivity contribution in [3.8, 4) is 0 Å². The molecule has 0 unspecified atom stereocenters. The zero-order valence-electron chi connectivity index (χ0n) is 15.1. The summed E-state index contributed by atoms with van der Waals surface area (Å²) in [6.45, 7) is 2.68. The van der Waals surface area contributed by atoms with Gasteiger partial charge in [0.2, 0.25) is 0 Å². The number of carbonyl (C=O) groups is 1. The van der Waals surface area contributed by atoms with Gasteiger partial charge in [0.15, 0.2) is 0 Å². The number of nitrogens with zero attached hydrogens (tertiary/aromatic N) is 3. The molecule has 0 aliphatic rings. The molecule has 1 amide bonds. The van der Waals surface area contributed by atoms with E-state index in [2.05, 4.69) is 34.7 Å². The first-order valence-electron chi connectivity index (χ1n) is 8.64. The van der Waals surface area contributed by atoms with Gasteiger partial charge in [-0.05, 0) is 36.8 Å². The summed E-state index contributed by atoms with van der Waals surface area (Å²) >= 11 is 0. The van der Waals surface area contributed by atoms with Crippen LogP contribution in [0.5, 0.6) is 0 Å². The molecule has 0 spiro atoms. The third-order valence-electron chi connectivity index (χ3n) is 4.60. The minimum atomic E-state index is -0.326. The summed E-state index contributed by atoms with van der Waals surface area (Å²) in [4.78, 5) is 12.6. The van der Waals surface area contributed by atoms with Crippen LogP contribution in [0.15, 0.2) is 60.9 Å². The average Bonchev–Trinajstić information content (AvgIpc) is 3.21. The number of carbonyl (C=O) groups excluding carboxylic acids is 1. The average molecular weight is 362 g/mol. The van der Waals surface area contributed by atoms with Gasteiger partial charge >= 0.3 is 0 Å². The molecule has 6 heteroatoms. The number of anilines is 1. The molecular weight excluding hydrogens is 343 g/mol. The van der Waals surface area contributed by atoms with E-state index >= 15 is 0 Å². The van der Waals surface area contributed by atoms with Crippen molar-refractivity contribution < 1.29 is 9.18 Å². The Morgan fingerprint density at radius 3 is 2.70 bits per heavy atom. The molecule has 5 nitrogen and oxygen atoms in total. The first-order chi connectivity index (χ1) is 13.0. The van der Waals surface area contributed by atoms with Gasteiger partial charge in [-0.15, -0.1) is 0 Å². The van der Waals surface area contributed by atoms with Crippen molar-refractivity contribution in [1.29, 1.82) is 0 Å². The largest absolute Gasteiger partial charge is 0.340 e. The Morgan fingerprint density at radius 1 is 1.15 bits per heavy atom. The van der Waals surface area contributed by atoms with Crippen LogP contribution in [-0.2, 0) is 13.6 Å². The molecule has 0 bridgehead atoms. The molecule has 0 saturated heterocycles. The van der Waals surface area contributed by atoms with Crippen molar-refractivity contribution in [1.82, 2.24) is 14.3 Å². The second-order valence-electron chi connectivity index (χ2n) is 6.66. The summed E-state index contributed by atoms with van der Waals surface area (Å²) in [5.41, 5.74) is 4.10. The number of fused-ring (bicyclic) bond motifs is 1. The molecule has 27 heavy (non-hydrogen) atoms. The third-order valence-corrected chi connectivity index (χ3v) is 4.60. The third kappa shape index (κ3) is 3.46. The SMILES string of the molecule is Cc1ccc(Cn2cc(NC(=O)c3cc4ccc(F)cc4n3C)cn2)cc1. The molecule has 136 valence electrons. The number of halogens is 1. The minimum Gasteiger partial charge on any atom is -0.340 e. The number of aryl methyl sites for hydroxylation is 2. The molecule has 2 heterocycles. The summed E-state index contributed by atoms with van der Waals surface area (Å²) in [7, 11) is 1.75. The first-order valence-corrected chi connectivity index (χ1v) is 8.64. The van der Waals surface area contributed by atoms with Crippen LogP contribution in [0.4, 0.5) is 10.1 Å². The predicted molar refractivity (Wildman–Crippen MR) is 103 cm³/mol. The molecule has 0 aliphatic carbocycles. The van der Waals surface area contributed by atoms with E-state index in [-0.39, 0.29) is 11.7 Å². The van der Waals surface area contributed by atoms with E-state index in [1.54, 1.807) is 40.8 Å². The lowest BCUT2D eigenvalue weighted by Gasteiger charge is -2.05. The van der Waals surface area contributed by atoms with Gasteiger partial charge in [0, 0.05) is 18.6 Å². The van der Waals surface area contributed by atoms with Gasteiger partial charge in [0.05, 0.1) is 23.9 Å². The van der Waals surface area contributed by atoms with E-state index in [0.717, 1.165) is 10.9 Å². The first kappa shape index (κ1) is 17.0. The summed E-state index contributed by atoms with van der Waals surface area (Å²) < 4.78 is 16.9. The maximum absolute atomic E-state index is 13.5. The zero-order chi connectivity index (χ0) is 19.0. The van der Waals surface area contributed by atoms with E-state index in [0.29, 0.717) is 23.4 Å². The van der Waals surface area contributed by atoms with Crippen molar-refractivity contribution in [3.63, 3.8) is 0 Å². The number of benzene rings is 2. The Labute approximate surface area is 156 Å². The minimum absolute atomic E-state index is 0.260. The van der Waals surface area contributed by atoms with Crippen LogP contribution in [0.3, 0.4) is 0 Å². The fourth-order valence-electron chi connectivity index (χ4n) is 3.11. The summed E-state index contributed by atoms with van der Waals surface area (Å²) in [5.74, 6) is -0.586. The van der Waals surface area contributed by atoms with Crippen molar-refractivity contribution in [2.75, 3.05) is 5.32 Å². The molecule has 0 aliphatic heterocycles. The molecular formula is C21H19FN4O. The maximum Gasteiger partial charge on any atom is 0.272 e. The van der Waals surface area contributed by atoms with Crippen LogP contribution in [0, 0.1) is 12.7 Å². The van der Waals surface area contributed by atoms with Crippen molar-refractivity contribution >= 4 is 22.5 Å². The highest BCUT2D eigenvalue weighted by molar-refractivity contribution is 6.06. The van der Waals surface area contributed by atoms with Crippen LogP contribution in [-0.4, -0.2) is 20.3 Å². The second kappa shape index (κ2) is 6.72. The lowest BCUT2D eigenvalue weighted by Crippen LogP contribution is -2.15. The van der Waals surface area contributed by atoms with E-state index in [1.165, 1.54) is 17.7 Å². The van der Waals surface area contributed by atoms with Gasteiger partial charge in [-0.2, -0.15) is 5.10 Å². The van der Waals surface area contributed by atoms with Gasteiger partial charge < -0.3 is 9.88 Å². The standard InChI is InChI=1S/C21H19FN4O/c1-14-3-5-15(6-4-14)12-26-13-18(11-23-26)24-21(27)20-9-16-7-8-17(22)10-19(16)25(20)2/h3-11,13H,12H2,1-2H3,(H,24,27). The summed E-state index contributed by atoms with van der Waals surface area (Å²) in [6, 6.07) is 14.5. The van der Waals surface area contributed by atoms with Crippen LogP contribution in [0.2, 0.25) is 0 Å². The lowest BCUT2D eigenvalue weighted by atomic mass is 10.1. The number of hydrogen-bond donors (Lipinski definition) is 1. The molecule has 1 N–H and O–H groups in total. The molecule has 4 aromatic rings. The Bertz CT molecular complexity index is 1130. The Kier molecular flexibility index (Phi) is 4.24. The van der Waals surface area contributed by atoms with Crippen molar-refractivity contribution in [3.05, 3.63) is 83.6 Å². The van der Waals surface area contributed by atoms with Gasteiger partial charge in [-0.25, -0.2) is 4.39 Å². The van der Waals surface area contributed by atoms with Gasteiger partial charge in [0.25, 0.3) is 5.91 Å². The van der Waals surface area contributed by atoms with Gasteiger partial charge in [-0.1, -0.05) is 29.8 Å². The van der Waals surface area contributed by atoms with Crippen LogP contribution in [0.1, 0.15) is 21.6 Å². The van der Waals surface area contributed by atoms with Crippen molar-refractivity contribution in [2.24, 2.45) is 7.05 Å².